The van der Waals surface area contributed by atoms with Gasteiger partial charge in [-0.05, 0) is 19.1 Å². The van der Waals surface area contributed by atoms with E-state index in [1.165, 1.54) is 0 Å². The van der Waals surface area contributed by atoms with Crippen LogP contribution in [0.5, 0.6) is 5.88 Å². The Hall–Kier alpha value is -2.67. The molecule has 1 aliphatic rings. The van der Waals surface area contributed by atoms with Crippen LogP contribution < -0.4 is 9.64 Å². The van der Waals surface area contributed by atoms with Gasteiger partial charge in [-0.2, -0.15) is 0 Å². The van der Waals surface area contributed by atoms with Gasteiger partial charge in [0, 0.05) is 51.2 Å². The second-order valence-corrected chi connectivity index (χ2v) is 6.11. The van der Waals surface area contributed by atoms with Crippen LogP contribution in [0.3, 0.4) is 0 Å². The van der Waals surface area contributed by atoms with Crippen LogP contribution in [0.15, 0.2) is 43.0 Å². The molecule has 0 N–H and O–H groups in total. The largest absolute Gasteiger partial charge is 0.478 e. The Morgan fingerprint density at radius 3 is 2.80 bits per heavy atom. The Morgan fingerprint density at radius 2 is 2.00 bits per heavy atom. The van der Waals surface area contributed by atoms with Gasteiger partial charge < -0.3 is 14.0 Å². The van der Waals surface area contributed by atoms with Gasteiger partial charge in [0.1, 0.15) is 17.8 Å². The lowest BCUT2D eigenvalue weighted by molar-refractivity contribution is 0.246. The molecule has 3 aromatic heterocycles. The van der Waals surface area contributed by atoms with E-state index in [-0.39, 0.29) is 0 Å². The Morgan fingerprint density at radius 1 is 1.12 bits per heavy atom. The first kappa shape index (κ1) is 15.8. The van der Waals surface area contributed by atoms with E-state index in [4.69, 9.17) is 4.74 Å². The fourth-order valence-corrected chi connectivity index (χ4v) is 3.16. The molecule has 0 aliphatic carbocycles. The SMILES string of the molecule is CCOc1cc(N2CCN(Cc3cn4ccccc4n3)CC2)ncn1. The number of hydrogen-bond donors (Lipinski definition) is 0. The number of ether oxygens (including phenoxy) is 1. The van der Waals surface area contributed by atoms with Crippen LogP contribution in [0, 0.1) is 0 Å². The smallest absolute Gasteiger partial charge is 0.218 e. The van der Waals surface area contributed by atoms with Crippen LogP contribution in [0.1, 0.15) is 12.6 Å². The van der Waals surface area contributed by atoms with E-state index in [9.17, 15) is 0 Å². The molecule has 0 aromatic carbocycles. The maximum Gasteiger partial charge on any atom is 0.218 e. The average Bonchev–Trinajstić information content (AvgIpc) is 3.05. The minimum Gasteiger partial charge on any atom is -0.478 e. The first-order chi connectivity index (χ1) is 12.3. The molecular formula is C18H22N6O. The van der Waals surface area contributed by atoms with Crippen molar-refractivity contribution in [3.05, 3.63) is 48.7 Å². The number of pyridine rings is 1. The van der Waals surface area contributed by atoms with Crippen molar-refractivity contribution in [3.8, 4) is 5.88 Å². The van der Waals surface area contributed by atoms with Gasteiger partial charge in [-0.25, -0.2) is 15.0 Å². The van der Waals surface area contributed by atoms with Crippen molar-refractivity contribution < 1.29 is 4.74 Å². The molecule has 0 spiro atoms. The quantitative estimate of drug-likeness (QED) is 0.708. The minimum absolute atomic E-state index is 0.614. The summed E-state index contributed by atoms with van der Waals surface area (Å²) in [5, 5.41) is 0. The van der Waals surface area contributed by atoms with Gasteiger partial charge in [0.15, 0.2) is 0 Å². The summed E-state index contributed by atoms with van der Waals surface area (Å²) in [6.45, 7) is 7.31. The number of aromatic nitrogens is 4. The highest BCUT2D eigenvalue weighted by Crippen LogP contribution is 2.18. The molecule has 7 nitrogen and oxygen atoms in total. The van der Waals surface area contributed by atoms with Crippen molar-refractivity contribution >= 4 is 11.5 Å². The van der Waals surface area contributed by atoms with E-state index < -0.39 is 0 Å². The summed E-state index contributed by atoms with van der Waals surface area (Å²) < 4.78 is 7.54. The van der Waals surface area contributed by atoms with Gasteiger partial charge in [-0.15, -0.1) is 0 Å². The monoisotopic (exact) mass is 338 g/mol. The molecule has 1 saturated heterocycles. The maximum absolute atomic E-state index is 5.47. The number of piperazine rings is 1. The summed E-state index contributed by atoms with van der Waals surface area (Å²) in [6.07, 6.45) is 5.72. The number of rotatable bonds is 5. The van der Waals surface area contributed by atoms with Crippen LogP contribution >= 0.6 is 0 Å². The molecule has 0 radical (unpaired) electrons. The summed E-state index contributed by atoms with van der Waals surface area (Å²) >= 11 is 0. The predicted molar refractivity (Wildman–Crippen MR) is 95.9 cm³/mol. The molecule has 1 aliphatic heterocycles. The summed E-state index contributed by atoms with van der Waals surface area (Å²) in [5.41, 5.74) is 2.11. The summed E-state index contributed by atoms with van der Waals surface area (Å²) in [4.78, 5) is 17.9. The molecule has 25 heavy (non-hydrogen) atoms. The first-order valence-corrected chi connectivity index (χ1v) is 8.66. The van der Waals surface area contributed by atoms with Crippen LogP contribution in [0.25, 0.3) is 5.65 Å². The summed E-state index contributed by atoms with van der Waals surface area (Å²) in [7, 11) is 0. The first-order valence-electron chi connectivity index (χ1n) is 8.66. The minimum atomic E-state index is 0.614. The average molecular weight is 338 g/mol. The van der Waals surface area contributed by atoms with E-state index in [1.54, 1.807) is 6.33 Å². The maximum atomic E-state index is 5.47. The highest BCUT2D eigenvalue weighted by molar-refractivity contribution is 5.41. The number of anilines is 1. The standard InChI is InChI=1S/C18H22N6O/c1-2-25-18-11-17(19-14-20-18)23-9-7-22(8-10-23)12-15-13-24-6-4-3-5-16(24)21-15/h3-6,11,13-14H,2,7-10,12H2,1H3. The molecule has 0 atom stereocenters. The Kier molecular flexibility index (Phi) is 4.47. The van der Waals surface area contributed by atoms with Crippen molar-refractivity contribution in [1.82, 2.24) is 24.3 Å². The summed E-state index contributed by atoms with van der Waals surface area (Å²) in [5.74, 6) is 1.57. The zero-order valence-electron chi connectivity index (χ0n) is 14.4. The third kappa shape index (κ3) is 3.56. The lowest BCUT2D eigenvalue weighted by atomic mass is 10.3. The van der Waals surface area contributed by atoms with Crippen molar-refractivity contribution in [1.29, 1.82) is 0 Å². The third-order valence-electron chi connectivity index (χ3n) is 4.42. The van der Waals surface area contributed by atoms with Crippen molar-refractivity contribution in [2.24, 2.45) is 0 Å². The Balaban J connectivity index is 1.37. The van der Waals surface area contributed by atoms with Gasteiger partial charge in [0.25, 0.3) is 0 Å². The molecule has 130 valence electrons. The highest BCUT2D eigenvalue weighted by Gasteiger charge is 2.19. The second kappa shape index (κ2) is 7.06. The molecule has 7 heteroatoms. The van der Waals surface area contributed by atoms with E-state index in [0.717, 1.165) is 49.9 Å². The van der Waals surface area contributed by atoms with Gasteiger partial charge in [-0.1, -0.05) is 6.07 Å². The van der Waals surface area contributed by atoms with Crippen molar-refractivity contribution in [2.45, 2.75) is 13.5 Å². The second-order valence-electron chi connectivity index (χ2n) is 6.11. The molecule has 0 amide bonds. The Bertz CT molecular complexity index is 807. The predicted octanol–water partition coefficient (Wildman–Crippen LogP) is 1.85. The van der Waals surface area contributed by atoms with Gasteiger partial charge in [0.2, 0.25) is 5.88 Å². The van der Waals surface area contributed by atoms with E-state index in [1.807, 2.05) is 37.4 Å². The molecule has 4 rings (SSSR count). The number of nitrogens with zero attached hydrogens (tertiary/aromatic N) is 6. The van der Waals surface area contributed by atoms with Gasteiger partial charge in [0.05, 0.1) is 12.3 Å². The highest BCUT2D eigenvalue weighted by atomic mass is 16.5. The molecule has 3 aromatic rings. The van der Waals surface area contributed by atoms with Crippen molar-refractivity contribution in [2.75, 3.05) is 37.7 Å². The molecule has 0 bridgehead atoms. The lowest BCUT2D eigenvalue weighted by Crippen LogP contribution is -2.46. The van der Waals surface area contributed by atoms with Crippen LogP contribution in [-0.2, 0) is 6.54 Å². The molecule has 4 heterocycles. The third-order valence-corrected chi connectivity index (χ3v) is 4.42. The van der Waals surface area contributed by atoms with E-state index in [2.05, 4.69) is 35.3 Å². The fourth-order valence-electron chi connectivity index (χ4n) is 3.16. The fraction of sp³-hybridized carbons (Fsp3) is 0.389. The van der Waals surface area contributed by atoms with E-state index in [0.29, 0.717) is 12.5 Å². The Labute approximate surface area is 146 Å². The summed E-state index contributed by atoms with van der Waals surface area (Å²) in [6, 6.07) is 7.99. The van der Waals surface area contributed by atoms with Gasteiger partial charge in [-0.3, -0.25) is 4.90 Å². The number of imidazole rings is 1. The topological polar surface area (TPSA) is 58.8 Å². The molecule has 0 unspecified atom stereocenters. The molecular weight excluding hydrogens is 316 g/mol. The van der Waals surface area contributed by atoms with Gasteiger partial charge >= 0.3 is 0 Å². The normalized spacial score (nSPS) is 15.6. The zero-order valence-corrected chi connectivity index (χ0v) is 14.4. The van der Waals surface area contributed by atoms with Crippen molar-refractivity contribution in [3.63, 3.8) is 0 Å². The lowest BCUT2D eigenvalue weighted by Gasteiger charge is -2.35. The van der Waals surface area contributed by atoms with E-state index >= 15 is 0 Å². The molecule has 0 saturated carbocycles. The van der Waals surface area contributed by atoms with Crippen LogP contribution in [-0.4, -0.2) is 57.0 Å². The number of hydrogen-bond acceptors (Lipinski definition) is 6. The molecule has 1 fully saturated rings. The van der Waals surface area contributed by atoms with Crippen LogP contribution in [0.4, 0.5) is 5.82 Å². The zero-order chi connectivity index (χ0) is 17.1. The van der Waals surface area contributed by atoms with Crippen LogP contribution in [0.2, 0.25) is 0 Å². The number of fused-ring (bicyclic) bond motifs is 1.